The third-order valence-electron chi connectivity index (χ3n) is 4.19. The molecular formula is C16H19BrN2O2. The van der Waals surface area contributed by atoms with Crippen LogP contribution in [0.5, 0.6) is 0 Å². The van der Waals surface area contributed by atoms with Crippen LogP contribution in [0.25, 0.3) is 11.0 Å². The molecule has 1 saturated heterocycles. The second kappa shape index (κ2) is 6.30. The highest BCUT2D eigenvalue weighted by Crippen LogP contribution is 2.25. The molecule has 1 aromatic carbocycles. The Hall–Kier alpha value is -1.17. The zero-order valence-corrected chi connectivity index (χ0v) is 13.4. The molecule has 2 N–H and O–H groups in total. The fraction of sp³-hybridized carbons (Fsp3) is 0.438. The van der Waals surface area contributed by atoms with E-state index in [4.69, 9.17) is 10.2 Å². The molecule has 0 saturated carbocycles. The molecule has 3 rings (SSSR count). The molecule has 2 heterocycles. The van der Waals surface area contributed by atoms with E-state index in [2.05, 4.69) is 20.8 Å². The monoisotopic (exact) mass is 350 g/mol. The molecule has 21 heavy (non-hydrogen) atoms. The van der Waals surface area contributed by atoms with Gasteiger partial charge in [-0.2, -0.15) is 0 Å². The maximum absolute atomic E-state index is 11.8. The van der Waals surface area contributed by atoms with Gasteiger partial charge in [-0.1, -0.05) is 22.4 Å². The van der Waals surface area contributed by atoms with Crippen LogP contribution in [0.1, 0.15) is 24.8 Å². The lowest BCUT2D eigenvalue weighted by Crippen LogP contribution is -2.43. The second-order valence-electron chi connectivity index (χ2n) is 5.59. The van der Waals surface area contributed by atoms with Gasteiger partial charge in [-0.05, 0) is 43.1 Å². The summed E-state index contributed by atoms with van der Waals surface area (Å²) in [7, 11) is 0. The molecule has 2 aromatic rings. The van der Waals surface area contributed by atoms with Crippen LogP contribution in [0.4, 0.5) is 0 Å². The summed E-state index contributed by atoms with van der Waals surface area (Å²) in [6.07, 6.45) is 3.58. The van der Waals surface area contributed by atoms with Gasteiger partial charge < -0.3 is 10.2 Å². The number of hydrogen-bond donors (Lipinski definition) is 1. The molecule has 112 valence electrons. The van der Waals surface area contributed by atoms with Gasteiger partial charge in [-0.3, -0.25) is 4.90 Å². The average Bonchev–Trinajstić information content (AvgIpc) is 2.47. The van der Waals surface area contributed by atoms with E-state index in [1.165, 1.54) is 12.8 Å². The first-order valence-corrected chi connectivity index (χ1v) is 8.13. The van der Waals surface area contributed by atoms with Crippen LogP contribution < -0.4 is 11.4 Å². The van der Waals surface area contributed by atoms with Gasteiger partial charge >= 0.3 is 5.63 Å². The first-order valence-electron chi connectivity index (χ1n) is 7.34. The van der Waals surface area contributed by atoms with Crippen molar-refractivity contribution < 1.29 is 4.42 Å². The molecule has 4 nitrogen and oxygen atoms in total. The minimum Gasteiger partial charge on any atom is -0.423 e. The first-order chi connectivity index (χ1) is 10.2. The van der Waals surface area contributed by atoms with Crippen LogP contribution >= 0.6 is 15.9 Å². The predicted molar refractivity (Wildman–Crippen MR) is 87.3 cm³/mol. The molecule has 1 fully saturated rings. The maximum Gasteiger partial charge on any atom is 0.336 e. The number of nitrogens with zero attached hydrogens (tertiary/aromatic N) is 1. The summed E-state index contributed by atoms with van der Waals surface area (Å²) in [5, 5.41) is 0.999. The molecule has 1 atom stereocenters. The van der Waals surface area contributed by atoms with Crippen molar-refractivity contribution in [1.29, 1.82) is 0 Å². The Morgan fingerprint density at radius 3 is 3.00 bits per heavy atom. The van der Waals surface area contributed by atoms with Crippen molar-refractivity contribution in [3.63, 3.8) is 0 Å². The van der Waals surface area contributed by atoms with Crippen LogP contribution in [0.3, 0.4) is 0 Å². The molecule has 0 radical (unpaired) electrons. The third kappa shape index (κ3) is 3.20. The molecule has 1 aliphatic rings. The van der Waals surface area contributed by atoms with Crippen LogP contribution in [-0.2, 0) is 6.54 Å². The van der Waals surface area contributed by atoms with Crippen LogP contribution in [-0.4, -0.2) is 24.0 Å². The average molecular weight is 351 g/mol. The molecule has 0 amide bonds. The molecule has 0 spiro atoms. The van der Waals surface area contributed by atoms with E-state index < -0.39 is 0 Å². The number of fused-ring (bicyclic) bond motifs is 1. The summed E-state index contributed by atoms with van der Waals surface area (Å²) in [6, 6.07) is 7.84. The maximum atomic E-state index is 11.8. The van der Waals surface area contributed by atoms with E-state index in [0.29, 0.717) is 18.2 Å². The SMILES string of the molecule is NCC1CCCCN1Cc1cc(=O)oc2cc(Br)ccc12. The number of piperidine rings is 1. The van der Waals surface area contributed by atoms with Crippen molar-refractivity contribution in [1.82, 2.24) is 4.90 Å². The molecule has 5 heteroatoms. The number of benzene rings is 1. The summed E-state index contributed by atoms with van der Waals surface area (Å²) in [5.74, 6) is 0. The highest BCUT2D eigenvalue weighted by atomic mass is 79.9. The molecule has 0 aliphatic carbocycles. The molecular weight excluding hydrogens is 332 g/mol. The lowest BCUT2D eigenvalue weighted by molar-refractivity contribution is 0.145. The van der Waals surface area contributed by atoms with Crippen LogP contribution in [0.15, 0.2) is 37.9 Å². The predicted octanol–water partition coefficient (Wildman–Crippen LogP) is 2.87. The topological polar surface area (TPSA) is 59.5 Å². The van der Waals surface area contributed by atoms with Gasteiger partial charge in [0, 0.05) is 35.1 Å². The normalized spacial score (nSPS) is 20.0. The largest absolute Gasteiger partial charge is 0.423 e. The van der Waals surface area contributed by atoms with Gasteiger partial charge in [-0.25, -0.2) is 4.79 Å². The summed E-state index contributed by atoms with van der Waals surface area (Å²) < 4.78 is 6.21. The summed E-state index contributed by atoms with van der Waals surface area (Å²) in [4.78, 5) is 14.2. The quantitative estimate of drug-likeness (QED) is 0.864. The second-order valence-corrected chi connectivity index (χ2v) is 6.50. The van der Waals surface area contributed by atoms with E-state index in [-0.39, 0.29) is 5.63 Å². The Balaban J connectivity index is 1.97. The number of halogens is 1. The minimum absolute atomic E-state index is 0.295. The molecule has 1 aromatic heterocycles. The summed E-state index contributed by atoms with van der Waals surface area (Å²) in [6.45, 7) is 2.47. The highest BCUT2D eigenvalue weighted by Gasteiger charge is 2.22. The van der Waals surface area contributed by atoms with E-state index in [9.17, 15) is 4.79 Å². The Morgan fingerprint density at radius 2 is 2.19 bits per heavy atom. The fourth-order valence-electron chi connectivity index (χ4n) is 3.09. The van der Waals surface area contributed by atoms with Gasteiger partial charge in [0.25, 0.3) is 0 Å². The van der Waals surface area contributed by atoms with Crippen molar-refractivity contribution in [3.8, 4) is 0 Å². The van der Waals surface area contributed by atoms with Gasteiger partial charge in [0.1, 0.15) is 5.58 Å². The summed E-state index contributed by atoms with van der Waals surface area (Å²) in [5.41, 5.74) is 7.24. The van der Waals surface area contributed by atoms with Crippen LogP contribution in [0, 0.1) is 0 Å². The first kappa shape index (κ1) is 14.8. The van der Waals surface area contributed by atoms with Crippen molar-refractivity contribution in [2.24, 2.45) is 5.73 Å². The lowest BCUT2D eigenvalue weighted by Gasteiger charge is -2.35. The summed E-state index contributed by atoms with van der Waals surface area (Å²) >= 11 is 3.41. The molecule has 0 bridgehead atoms. The van der Waals surface area contributed by atoms with Crippen molar-refractivity contribution in [2.75, 3.05) is 13.1 Å². The van der Waals surface area contributed by atoms with Gasteiger partial charge in [0.2, 0.25) is 0 Å². The van der Waals surface area contributed by atoms with Gasteiger partial charge in [0.05, 0.1) is 0 Å². The molecule has 1 aliphatic heterocycles. The third-order valence-corrected chi connectivity index (χ3v) is 4.68. The van der Waals surface area contributed by atoms with Crippen LogP contribution in [0.2, 0.25) is 0 Å². The standard InChI is InChI=1S/C16H19BrN2O2/c17-12-4-5-14-11(7-16(20)21-15(14)8-12)10-19-6-2-1-3-13(19)9-18/h4-5,7-8,13H,1-3,6,9-10,18H2. The Morgan fingerprint density at radius 1 is 1.33 bits per heavy atom. The minimum atomic E-state index is -0.295. The number of likely N-dealkylation sites (tertiary alicyclic amines) is 1. The zero-order chi connectivity index (χ0) is 14.8. The van der Waals surface area contributed by atoms with Crippen molar-refractivity contribution in [3.05, 3.63) is 44.7 Å². The molecule has 1 unspecified atom stereocenters. The zero-order valence-electron chi connectivity index (χ0n) is 11.8. The Kier molecular flexibility index (Phi) is 4.42. The number of nitrogens with two attached hydrogens (primary N) is 1. The van der Waals surface area contributed by atoms with Crippen molar-refractivity contribution in [2.45, 2.75) is 31.8 Å². The van der Waals surface area contributed by atoms with Crippen molar-refractivity contribution >= 4 is 26.9 Å². The van der Waals surface area contributed by atoms with E-state index in [1.54, 1.807) is 6.07 Å². The lowest BCUT2D eigenvalue weighted by atomic mass is 10.0. The Labute approximate surface area is 132 Å². The van der Waals surface area contributed by atoms with E-state index in [0.717, 1.165) is 34.9 Å². The van der Waals surface area contributed by atoms with Gasteiger partial charge in [-0.15, -0.1) is 0 Å². The number of hydrogen-bond acceptors (Lipinski definition) is 4. The van der Waals surface area contributed by atoms with E-state index in [1.807, 2.05) is 18.2 Å². The highest BCUT2D eigenvalue weighted by molar-refractivity contribution is 9.10. The van der Waals surface area contributed by atoms with Gasteiger partial charge in [0.15, 0.2) is 0 Å². The number of rotatable bonds is 3. The van der Waals surface area contributed by atoms with E-state index >= 15 is 0 Å². The smallest absolute Gasteiger partial charge is 0.336 e. The fourth-order valence-corrected chi connectivity index (χ4v) is 3.43. The Bertz CT molecular complexity index is 698.